The van der Waals surface area contributed by atoms with E-state index in [9.17, 15) is 4.39 Å². The summed E-state index contributed by atoms with van der Waals surface area (Å²) in [6.45, 7) is 0.193. The summed E-state index contributed by atoms with van der Waals surface area (Å²) in [6.07, 6.45) is 1.48. The molecular weight excluding hydrogens is 285 g/mol. The minimum absolute atomic E-state index is 0.0368. The van der Waals surface area contributed by atoms with Gasteiger partial charge in [-0.3, -0.25) is 0 Å². The Morgan fingerprint density at radius 3 is 2.82 bits per heavy atom. The summed E-state index contributed by atoms with van der Waals surface area (Å²) in [4.78, 5) is 4.27. The fourth-order valence-corrected chi connectivity index (χ4v) is 2.02. The van der Waals surface area contributed by atoms with Crippen LogP contribution in [-0.2, 0) is 13.2 Å². The highest BCUT2D eigenvalue weighted by molar-refractivity contribution is 5.52. The predicted octanol–water partition coefficient (Wildman–Crippen LogP) is 3.55. The number of aliphatic hydroxyl groups excluding tert-OH is 1. The second-order valence-corrected chi connectivity index (χ2v) is 4.75. The lowest BCUT2D eigenvalue weighted by molar-refractivity contribution is 0.277. The Morgan fingerprint density at radius 2 is 2.00 bits per heavy atom. The molecule has 0 spiro atoms. The zero-order chi connectivity index (χ0) is 15.4. The van der Waals surface area contributed by atoms with Gasteiger partial charge in [0, 0.05) is 5.56 Å². The first-order valence-electron chi connectivity index (χ1n) is 6.77. The van der Waals surface area contributed by atoms with E-state index in [4.69, 9.17) is 14.3 Å². The minimum Gasteiger partial charge on any atom is -0.487 e. The van der Waals surface area contributed by atoms with Crippen molar-refractivity contribution in [1.29, 1.82) is 0 Å². The van der Waals surface area contributed by atoms with Crippen molar-refractivity contribution >= 4 is 0 Å². The van der Waals surface area contributed by atoms with Gasteiger partial charge in [0.2, 0.25) is 5.89 Å². The molecule has 0 atom stereocenters. The first-order valence-corrected chi connectivity index (χ1v) is 6.77. The average Bonchev–Trinajstić information content (AvgIpc) is 3.02. The van der Waals surface area contributed by atoms with E-state index >= 15 is 0 Å². The van der Waals surface area contributed by atoms with E-state index in [0.29, 0.717) is 22.9 Å². The molecule has 1 heterocycles. The molecule has 5 heteroatoms. The van der Waals surface area contributed by atoms with Crippen LogP contribution >= 0.6 is 0 Å². The van der Waals surface area contributed by atoms with Gasteiger partial charge >= 0.3 is 0 Å². The monoisotopic (exact) mass is 299 g/mol. The Balaban J connectivity index is 1.69. The zero-order valence-electron chi connectivity index (χ0n) is 11.7. The van der Waals surface area contributed by atoms with Crippen molar-refractivity contribution in [3.8, 4) is 17.2 Å². The van der Waals surface area contributed by atoms with Gasteiger partial charge in [0.05, 0.1) is 6.61 Å². The first kappa shape index (κ1) is 14.3. The highest BCUT2D eigenvalue weighted by Crippen LogP contribution is 2.20. The number of benzene rings is 2. The predicted molar refractivity (Wildman–Crippen MR) is 78.6 cm³/mol. The fourth-order valence-electron chi connectivity index (χ4n) is 2.02. The molecular formula is C17H14FNO3. The van der Waals surface area contributed by atoms with Gasteiger partial charge in [-0.05, 0) is 35.9 Å². The maximum Gasteiger partial charge on any atom is 0.226 e. The molecule has 0 bridgehead atoms. The number of hydrogen-bond donors (Lipinski definition) is 1. The van der Waals surface area contributed by atoms with Crippen molar-refractivity contribution in [2.75, 3.05) is 0 Å². The number of hydrogen-bond acceptors (Lipinski definition) is 4. The Labute approximate surface area is 126 Å². The Kier molecular flexibility index (Phi) is 4.16. The number of aromatic nitrogens is 1. The van der Waals surface area contributed by atoms with E-state index < -0.39 is 0 Å². The van der Waals surface area contributed by atoms with Crippen molar-refractivity contribution in [2.45, 2.75) is 13.2 Å². The maximum absolute atomic E-state index is 13.2. The molecule has 0 saturated carbocycles. The third-order valence-electron chi connectivity index (χ3n) is 3.09. The van der Waals surface area contributed by atoms with Gasteiger partial charge in [-0.2, -0.15) is 0 Å². The van der Waals surface area contributed by atoms with Crippen LogP contribution in [0, 0.1) is 5.82 Å². The highest BCUT2D eigenvalue weighted by atomic mass is 19.1. The minimum atomic E-state index is -0.339. The van der Waals surface area contributed by atoms with E-state index in [1.807, 2.05) is 12.1 Å². The van der Waals surface area contributed by atoms with Crippen molar-refractivity contribution in [3.63, 3.8) is 0 Å². The number of rotatable bonds is 5. The molecule has 112 valence electrons. The SMILES string of the molecule is OCc1cccc(OCc2coc(-c3cccc(F)c3)n2)c1. The van der Waals surface area contributed by atoms with Crippen molar-refractivity contribution in [1.82, 2.24) is 4.98 Å². The Morgan fingerprint density at radius 1 is 1.14 bits per heavy atom. The van der Waals surface area contributed by atoms with Gasteiger partial charge in [-0.1, -0.05) is 18.2 Å². The Hall–Kier alpha value is -2.66. The van der Waals surface area contributed by atoms with Gasteiger partial charge < -0.3 is 14.3 Å². The van der Waals surface area contributed by atoms with Crippen molar-refractivity contribution in [2.24, 2.45) is 0 Å². The fraction of sp³-hybridized carbons (Fsp3) is 0.118. The standard InChI is InChI=1S/C17H14FNO3/c18-14-5-2-4-13(8-14)17-19-15(11-22-17)10-21-16-6-1-3-12(7-16)9-20/h1-8,11,20H,9-10H2. The topological polar surface area (TPSA) is 55.5 Å². The van der Waals surface area contributed by atoms with E-state index in [-0.39, 0.29) is 19.0 Å². The normalized spacial score (nSPS) is 10.6. The molecule has 3 aromatic rings. The number of nitrogens with zero attached hydrogens (tertiary/aromatic N) is 1. The smallest absolute Gasteiger partial charge is 0.226 e. The van der Waals surface area contributed by atoms with Gasteiger partial charge in [0.15, 0.2) is 0 Å². The summed E-state index contributed by atoms with van der Waals surface area (Å²) in [7, 11) is 0. The van der Waals surface area contributed by atoms with Gasteiger partial charge in [0.25, 0.3) is 0 Å². The lowest BCUT2D eigenvalue weighted by Gasteiger charge is -2.04. The van der Waals surface area contributed by atoms with Crippen LogP contribution in [0.3, 0.4) is 0 Å². The van der Waals surface area contributed by atoms with E-state index in [1.165, 1.54) is 18.4 Å². The highest BCUT2D eigenvalue weighted by Gasteiger charge is 2.08. The second kappa shape index (κ2) is 6.41. The summed E-state index contributed by atoms with van der Waals surface area (Å²) in [5.41, 5.74) is 1.96. The van der Waals surface area contributed by atoms with E-state index in [1.54, 1.807) is 24.3 Å². The number of halogens is 1. The molecule has 0 aliphatic heterocycles. The van der Waals surface area contributed by atoms with Gasteiger partial charge in [0.1, 0.15) is 30.1 Å². The van der Waals surface area contributed by atoms with Crippen LogP contribution in [0.1, 0.15) is 11.3 Å². The van der Waals surface area contributed by atoms with Crippen LogP contribution in [0.4, 0.5) is 4.39 Å². The molecule has 0 radical (unpaired) electrons. The number of oxazole rings is 1. The van der Waals surface area contributed by atoms with Crippen LogP contribution in [0.25, 0.3) is 11.5 Å². The van der Waals surface area contributed by atoms with Gasteiger partial charge in [-0.25, -0.2) is 9.37 Å². The molecule has 4 nitrogen and oxygen atoms in total. The maximum atomic E-state index is 13.2. The summed E-state index contributed by atoms with van der Waals surface area (Å²) in [5, 5.41) is 9.09. The lowest BCUT2D eigenvalue weighted by Crippen LogP contribution is -1.96. The molecule has 22 heavy (non-hydrogen) atoms. The molecule has 0 saturated heterocycles. The van der Waals surface area contributed by atoms with Crippen molar-refractivity contribution < 1.29 is 18.7 Å². The summed E-state index contributed by atoms with van der Waals surface area (Å²) in [5.74, 6) is 0.651. The summed E-state index contributed by atoms with van der Waals surface area (Å²) >= 11 is 0. The average molecular weight is 299 g/mol. The van der Waals surface area contributed by atoms with Crippen LogP contribution in [0.5, 0.6) is 5.75 Å². The summed E-state index contributed by atoms with van der Waals surface area (Å²) < 4.78 is 24.1. The summed E-state index contributed by atoms with van der Waals surface area (Å²) in [6, 6.07) is 13.2. The van der Waals surface area contributed by atoms with Crippen LogP contribution in [0.2, 0.25) is 0 Å². The third-order valence-corrected chi connectivity index (χ3v) is 3.09. The molecule has 0 fully saturated rings. The third kappa shape index (κ3) is 3.32. The quantitative estimate of drug-likeness (QED) is 0.782. The van der Waals surface area contributed by atoms with Crippen LogP contribution in [-0.4, -0.2) is 10.1 Å². The molecule has 2 aromatic carbocycles. The molecule has 0 aliphatic rings. The number of ether oxygens (including phenoxy) is 1. The number of aliphatic hydroxyl groups is 1. The van der Waals surface area contributed by atoms with Crippen molar-refractivity contribution in [3.05, 3.63) is 71.9 Å². The van der Waals surface area contributed by atoms with Crippen LogP contribution in [0.15, 0.2) is 59.2 Å². The molecule has 0 amide bonds. The van der Waals surface area contributed by atoms with E-state index in [2.05, 4.69) is 4.98 Å². The molecule has 0 aliphatic carbocycles. The second-order valence-electron chi connectivity index (χ2n) is 4.75. The molecule has 1 N–H and O–H groups in total. The molecule has 3 rings (SSSR count). The molecule has 0 unspecified atom stereocenters. The Bertz CT molecular complexity index is 770. The lowest BCUT2D eigenvalue weighted by atomic mass is 10.2. The molecule has 1 aromatic heterocycles. The first-order chi connectivity index (χ1) is 10.7. The van der Waals surface area contributed by atoms with Gasteiger partial charge in [-0.15, -0.1) is 0 Å². The van der Waals surface area contributed by atoms with E-state index in [0.717, 1.165) is 5.56 Å². The van der Waals surface area contributed by atoms with Crippen LogP contribution < -0.4 is 4.74 Å². The zero-order valence-corrected chi connectivity index (χ0v) is 11.7. The largest absolute Gasteiger partial charge is 0.487 e.